The number of carbonyl (C=O) groups excluding carboxylic acids is 1. The number of nitrogens with zero attached hydrogens (tertiary/aromatic N) is 2. The van der Waals surface area contributed by atoms with E-state index in [1.807, 2.05) is 51.1 Å². The molecule has 3 aromatic rings. The fourth-order valence-electron chi connectivity index (χ4n) is 2.58. The number of carbonyl (C=O) groups is 1. The van der Waals surface area contributed by atoms with Crippen molar-refractivity contribution < 1.29 is 9.53 Å². The van der Waals surface area contributed by atoms with Gasteiger partial charge in [0.2, 0.25) is 0 Å². The summed E-state index contributed by atoms with van der Waals surface area (Å²) in [5, 5.41) is 0.996. The minimum Gasteiger partial charge on any atom is -0.495 e. The standard InChI is InChI=1S/C21H22N2O3S/c1-21(2,3)18(24)13-27-20-22-15-10-6-5-9-14(15)19(25)23(20)16-11-7-8-12-17(16)26-4/h5-12H,13H2,1-4H3. The summed E-state index contributed by atoms with van der Waals surface area (Å²) in [6.07, 6.45) is 0. The lowest BCUT2D eigenvalue weighted by Gasteiger charge is -2.18. The van der Waals surface area contributed by atoms with Crippen molar-refractivity contribution in [2.45, 2.75) is 25.9 Å². The molecule has 3 rings (SSSR count). The number of ether oxygens (including phenoxy) is 1. The molecule has 140 valence electrons. The average molecular weight is 382 g/mol. The normalized spacial score (nSPS) is 11.6. The van der Waals surface area contributed by atoms with Gasteiger partial charge in [-0.25, -0.2) is 4.98 Å². The Balaban J connectivity index is 2.19. The maximum atomic E-state index is 13.2. The number of para-hydroxylation sites is 3. The highest BCUT2D eigenvalue weighted by Crippen LogP contribution is 2.28. The first-order valence-corrected chi connectivity index (χ1v) is 9.63. The zero-order chi connectivity index (χ0) is 19.6. The number of benzene rings is 2. The molecular formula is C21H22N2O3S. The van der Waals surface area contributed by atoms with E-state index in [2.05, 4.69) is 4.98 Å². The van der Waals surface area contributed by atoms with Crippen LogP contribution in [0.2, 0.25) is 0 Å². The molecule has 0 radical (unpaired) electrons. The van der Waals surface area contributed by atoms with Gasteiger partial charge in [-0.05, 0) is 24.3 Å². The number of hydrogen-bond acceptors (Lipinski definition) is 5. The first-order valence-electron chi connectivity index (χ1n) is 8.64. The Hall–Kier alpha value is -2.60. The third kappa shape index (κ3) is 3.90. The highest BCUT2D eigenvalue weighted by Gasteiger charge is 2.23. The van der Waals surface area contributed by atoms with Gasteiger partial charge in [-0.3, -0.25) is 14.2 Å². The largest absolute Gasteiger partial charge is 0.495 e. The van der Waals surface area contributed by atoms with E-state index in [1.54, 1.807) is 25.3 Å². The van der Waals surface area contributed by atoms with Gasteiger partial charge >= 0.3 is 0 Å². The summed E-state index contributed by atoms with van der Waals surface area (Å²) in [4.78, 5) is 30.3. The molecule has 6 heteroatoms. The molecule has 0 saturated carbocycles. The lowest BCUT2D eigenvalue weighted by molar-refractivity contribution is -0.123. The van der Waals surface area contributed by atoms with Crippen LogP contribution in [0.15, 0.2) is 58.5 Å². The molecule has 1 aromatic heterocycles. The van der Waals surface area contributed by atoms with E-state index in [1.165, 1.54) is 16.3 Å². The summed E-state index contributed by atoms with van der Waals surface area (Å²) in [6.45, 7) is 5.66. The third-order valence-corrected chi connectivity index (χ3v) is 5.18. The Kier molecular flexibility index (Phi) is 5.37. The van der Waals surface area contributed by atoms with Crippen molar-refractivity contribution in [2.75, 3.05) is 12.9 Å². The molecular weight excluding hydrogens is 360 g/mol. The van der Waals surface area contributed by atoms with Gasteiger partial charge in [-0.1, -0.05) is 56.8 Å². The van der Waals surface area contributed by atoms with Crippen LogP contribution in [-0.2, 0) is 4.79 Å². The molecule has 0 saturated heterocycles. The van der Waals surface area contributed by atoms with Crippen LogP contribution < -0.4 is 10.3 Å². The van der Waals surface area contributed by atoms with Gasteiger partial charge in [0.15, 0.2) is 5.16 Å². The van der Waals surface area contributed by atoms with Crippen LogP contribution in [0, 0.1) is 5.41 Å². The average Bonchev–Trinajstić information content (AvgIpc) is 2.65. The van der Waals surface area contributed by atoms with Crippen LogP contribution in [0.1, 0.15) is 20.8 Å². The Labute approximate surface area is 162 Å². The third-order valence-electron chi connectivity index (χ3n) is 4.24. The van der Waals surface area contributed by atoms with Gasteiger partial charge in [0.1, 0.15) is 11.5 Å². The summed E-state index contributed by atoms with van der Waals surface area (Å²) in [5.74, 6) is 0.908. The van der Waals surface area contributed by atoms with Crippen molar-refractivity contribution in [1.82, 2.24) is 9.55 Å². The lowest BCUT2D eigenvalue weighted by Crippen LogP contribution is -2.25. The van der Waals surface area contributed by atoms with E-state index >= 15 is 0 Å². The summed E-state index contributed by atoms with van der Waals surface area (Å²) in [5.41, 5.74) is 0.587. The number of thioether (sulfide) groups is 1. The molecule has 5 nitrogen and oxygen atoms in total. The first-order chi connectivity index (χ1) is 12.8. The van der Waals surface area contributed by atoms with Gasteiger partial charge < -0.3 is 4.74 Å². The molecule has 0 bridgehead atoms. The predicted octanol–water partition coefficient (Wildman–Crippen LogP) is 4.10. The molecule has 0 N–H and O–H groups in total. The minimum atomic E-state index is -0.445. The van der Waals surface area contributed by atoms with Gasteiger partial charge in [-0.2, -0.15) is 0 Å². The van der Waals surface area contributed by atoms with Crippen molar-refractivity contribution in [3.8, 4) is 11.4 Å². The van der Waals surface area contributed by atoms with E-state index in [-0.39, 0.29) is 17.1 Å². The monoisotopic (exact) mass is 382 g/mol. The van der Waals surface area contributed by atoms with Gasteiger partial charge in [0, 0.05) is 5.41 Å². The molecule has 0 unspecified atom stereocenters. The molecule has 0 aliphatic carbocycles. The van der Waals surface area contributed by atoms with Gasteiger partial charge in [0.25, 0.3) is 5.56 Å². The zero-order valence-electron chi connectivity index (χ0n) is 15.9. The van der Waals surface area contributed by atoms with Crippen LogP contribution in [0.3, 0.4) is 0 Å². The topological polar surface area (TPSA) is 61.2 Å². The van der Waals surface area contributed by atoms with E-state index < -0.39 is 5.41 Å². The number of methoxy groups -OCH3 is 1. The quantitative estimate of drug-likeness (QED) is 0.491. The maximum absolute atomic E-state index is 13.2. The molecule has 27 heavy (non-hydrogen) atoms. The number of aromatic nitrogens is 2. The molecule has 0 spiro atoms. The second-order valence-electron chi connectivity index (χ2n) is 7.19. The molecule has 0 atom stereocenters. The minimum absolute atomic E-state index is 0.0986. The smallest absolute Gasteiger partial charge is 0.266 e. The van der Waals surface area contributed by atoms with E-state index in [0.717, 1.165) is 0 Å². The van der Waals surface area contributed by atoms with Crippen LogP contribution in [0.4, 0.5) is 0 Å². The second-order valence-corrected chi connectivity index (χ2v) is 8.13. The maximum Gasteiger partial charge on any atom is 0.266 e. The zero-order valence-corrected chi connectivity index (χ0v) is 16.7. The van der Waals surface area contributed by atoms with Crippen LogP contribution in [0.25, 0.3) is 16.6 Å². The van der Waals surface area contributed by atoms with Crippen molar-refractivity contribution >= 4 is 28.4 Å². The molecule has 0 aliphatic heterocycles. The van der Waals surface area contributed by atoms with Crippen molar-refractivity contribution in [2.24, 2.45) is 5.41 Å². The fourth-order valence-corrected chi connectivity index (χ4v) is 3.75. The Morgan fingerprint density at radius 3 is 2.48 bits per heavy atom. The van der Waals surface area contributed by atoms with E-state index in [4.69, 9.17) is 4.74 Å². The van der Waals surface area contributed by atoms with Crippen LogP contribution >= 0.6 is 11.8 Å². The SMILES string of the molecule is COc1ccccc1-n1c(SCC(=O)C(C)(C)C)nc2ccccc2c1=O. The molecule has 0 aliphatic rings. The summed E-state index contributed by atoms with van der Waals surface area (Å²) in [6, 6.07) is 14.5. The first kappa shape index (κ1) is 19.2. The number of ketones is 1. The fraction of sp³-hybridized carbons (Fsp3) is 0.286. The van der Waals surface area contributed by atoms with Crippen molar-refractivity contribution in [1.29, 1.82) is 0 Å². The van der Waals surface area contributed by atoms with Crippen LogP contribution in [-0.4, -0.2) is 28.2 Å². The summed E-state index contributed by atoms with van der Waals surface area (Å²) in [7, 11) is 1.56. The predicted molar refractivity (Wildman–Crippen MR) is 109 cm³/mol. The lowest BCUT2D eigenvalue weighted by atomic mass is 9.92. The molecule has 0 amide bonds. The molecule has 2 aromatic carbocycles. The number of hydrogen-bond donors (Lipinski definition) is 0. The van der Waals surface area contributed by atoms with Crippen molar-refractivity contribution in [3.05, 3.63) is 58.9 Å². The second kappa shape index (κ2) is 7.56. The molecule has 0 fully saturated rings. The van der Waals surface area contributed by atoms with Crippen LogP contribution in [0.5, 0.6) is 5.75 Å². The van der Waals surface area contributed by atoms with E-state index in [0.29, 0.717) is 27.5 Å². The number of rotatable bonds is 5. The highest BCUT2D eigenvalue weighted by atomic mass is 32.2. The number of Topliss-reactive ketones (excluding diaryl/α,β-unsaturated/α-hetero) is 1. The molecule has 1 heterocycles. The summed E-state index contributed by atoms with van der Waals surface area (Å²) >= 11 is 1.27. The van der Waals surface area contributed by atoms with Gasteiger partial charge in [0.05, 0.1) is 29.5 Å². The summed E-state index contributed by atoms with van der Waals surface area (Å²) < 4.78 is 6.97. The Morgan fingerprint density at radius 2 is 1.78 bits per heavy atom. The Morgan fingerprint density at radius 1 is 1.11 bits per heavy atom. The van der Waals surface area contributed by atoms with Gasteiger partial charge in [-0.15, -0.1) is 0 Å². The van der Waals surface area contributed by atoms with E-state index in [9.17, 15) is 9.59 Å². The van der Waals surface area contributed by atoms with Crippen molar-refractivity contribution in [3.63, 3.8) is 0 Å². The highest BCUT2D eigenvalue weighted by molar-refractivity contribution is 7.99. The Bertz CT molecular complexity index is 1050. The number of fused-ring (bicyclic) bond motifs is 1.